The number of rotatable bonds is 10. The van der Waals surface area contributed by atoms with Crippen molar-refractivity contribution in [3.63, 3.8) is 0 Å². The first kappa shape index (κ1) is 19.3. The maximum Gasteiger partial charge on any atom is 0.239 e. The second-order valence-corrected chi connectivity index (χ2v) is 7.22. The third-order valence-electron chi connectivity index (χ3n) is 4.10. The Morgan fingerprint density at radius 3 is 2.81 bits per heavy atom. The Balaban J connectivity index is 1.59. The molecule has 0 aliphatic rings. The number of nitrogens with zero attached hydrogens (tertiary/aromatic N) is 3. The zero-order valence-corrected chi connectivity index (χ0v) is 16.2. The summed E-state index contributed by atoms with van der Waals surface area (Å²) in [4.78, 5) is 15.9. The molecule has 3 rings (SSSR count). The van der Waals surface area contributed by atoms with E-state index >= 15 is 0 Å². The van der Waals surface area contributed by atoms with Crippen LogP contribution in [0.25, 0.3) is 0 Å². The lowest BCUT2D eigenvalue weighted by Crippen LogP contribution is -2.35. The second-order valence-electron chi connectivity index (χ2n) is 6.19. The van der Waals surface area contributed by atoms with Crippen LogP contribution in [0.4, 0.5) is 5.82 Å². The Morgan fingerprint density at radius 1 is 1.22 bits per heavy atom. The summed E-state index contributed by atoms with van der Waals surface area (Å²) >= 11 is 1.67. The first-order chi connectivity index (χ1) is 13.2. The molecule has 0 aliphatic heterocycles. The lowest BCUT2D eigenvalue weighted by Gasteiger charge is -2.21. The van der Waals surface area contributed by atoms with Crippen LogP contribution in [0.1, 0.15) is 10.4 Å². The van der Waals surface area contributed by atoms with Crippen LogP contribution in [-0.2, 0) is 22.6 Å². The number of methoxy groups -OCH3 is 1. The minimum Gasteiger partial charge on any atom is -0.383 e. The maximum absolute atomic E-state index is 12.6. The Hall–Kier alpha value is -2.48. The summed E-state index contributed by atoms with van der Waals surface area (Å²) in [7, 11) is 1.67. The van der Waals surface area contributed by atoms with Crippen LogP contribution in [0.3, 0.4) is 0 Å². The van der Waals surface area contributed by atoms with E-state index < -0.39 is 0 Å². The molecular formula is C20H24N4O2S. The molecule has 1 amide bonds. The second kappa shape index (κ2) is 10.0. The van der Waals surface area contributed by atoms with Gasteiger partial charge in [-0.15, -0.1) is 11.3 Å². The van der Waals surface area contributed by atoms with Crippen molar-refractivity contribution < 1.29 is 9.53 Å². The van der Waals surface area contributed by atoms with Crippen LogP contribution in [0.15, 0.2) is 60.1 Å². The molecule has 1 aromatic carbocycles. The zero-order chi connectivity index (χ0) is 18.9. The van der Waals surface area contributed by atoms with Gasteiger partial charge in [-0.3, -0.25) is 9.69 Å². The van der Waals surface area contributed by atoms with Gasteiger partial charge in [-0.05, 0) is 17.0 Å². The Morgan fingerprint density at radius 2 is 2.07 bits per heavy atom. The number of ether oxygens (including phenoxy) is 1. The van der Waals surface area contributed by atoms with Crippen molar-refractivity contribution in [2.24, 2.45) is 0 Å². The van der Waals surface area contributed by atoms with E-state index in [1.54, 1.807) is 29.3 Å². The molecule has 0 saturated heterocycles. The van der Waals surface area contributed by atoms with E-state index in [-0.39, 0.29) is 5.91 Å². The number of nitrogens with one attached hydrogen (secondary N) is 1. The number of hydrogen-bond donors (Lipinski definition) is 1. The first-order valence-corrected chi connectivity index (χ1v) is 9.72. The summed E-state index contributed by atoms with van der Waals surface area (Å²) < 4.78 is 6.99. The average molecular weight is 385 g/mol. The Labute approximate surface area is 163 Å². The number of benzene rings is 1. The van der Waals surface area contributed by atoms with Crippen molar-refractivity contribution in [2.45, 2.75) is 13.1 Å². The smallest absolute Gasteiger partial charge is 0.239 e. The van der Waals surface area contributed by atoms with Crippen molar-refractivity contribution in [1.29, 1.82) is 0 Å². The van der Waals surface area contributed by atoms with Crippen molar-refractivity contribution in [1.82, 2.24) is 14.7 Å². The summed E-state index contributed by atoms with van der Waals surface area (Å²) in [5.41, 5.74) is 1.17. The SMILES string of the molecule is COCCN(CC(=O)Nc1ccnn1Cc1cccs1)Cc1ccccc1. The van der Waals surface area contributed by atoms with Gasteiger partial charge in [-0.25, -0.2) is 4.68 Å². The Bertz CT molecular complexity index is 818. The van der Waals surface area contributed by atoms with Gasteiger partial charge in [-0.1, -0.05) is 36.4 Å². The van der Waals surface area contributed by atoms with Gasteiger partial charge in [0.1, 0.15) is 5.82 Å². The van der Waals surface area contributed by atoms with Crippen molar-refractivity contribution >= 4 is 23.1 Å². The van der Waals surface area contributed by atoms with Crippen LogP contribution in [0, 0.1) is 0 Å². The minimum atomic E-state index is -0.0602. The predicted octanol–water partition coefficient (Wildman–Crippen LogP) is 3.08. The largest absolute Gasteiger partial charge is 0.383 e. The Kier molecular flexibility index (Phi) is 7.15. The topological polar surface area (TPSA) is 59.4 Å². The van der Waals surface area contributed by atoms with E-state index in [9.17, 15) is 4.79 Å². The lowest BCUT2D eigenvalue weighted by atomic mass is 10.2. The van der Waals surface area contributed by atoms with E-state index in [0.717, 1.165) is 0 Å². The minimum absolute atomic E-state index is 0.0602. The summed E-state index contributed by atoms with van der Waals surface area (Å²) in [5, 5.41) is 9.33. The van der Waals surface area contributed by atoms with Crippen LogP contribution in [-0.4, -0.2) is 47.4 Å². The summed E-state index contributed by atoms with van der Waals surface area (Å²) in [6, 6.07) is 16.0. The van der Waals surface area contributed by atoms with Crippen LogP contribution < -0.4 is 5.32 Å². The number of hydrogen-bond acceptors (Lipinski definition) is 5. The van der Waals surface area contributed by atoms with Gasteiger partial charge in [0.15, 0.2) is 0 Å². The molecule has 0 spiro atoms. The molecule has 7 heteroatoms. The molecule has 0 radical (unpaired) electrons. The van der Waals surface area contributed by atoms with Crippen LogP contribution >= 0.6 is 11.3 Å². The van der Waals surface area contributed by atoms with Crippen molar-refractivity contribution in [3.8, 4) is 0 Å². The van der Waals surface area contributed by atoms with E-state index in [1.165, 1.54) is 10.4 Å². The molecule has 0 saturated carbocycles. The number of carbonyl (C=O) groups is 1. The summed E-state index contributed by atoms with van der Waals surface area (Å²) in [5.74, 6) is 0.648. The molecule has 0 atom stereocenters. The highest BCUT2D eigenvalue weighted by molar-refractivity contribution is 7.09. The number of aromatic nitrogens is 2. The molecular weight excluding hydrogens is 360 g/mol. The quantitative estimate of drug-likeness (QED) is 0.584. The van der Waals surface area contributed by atoms with Gasteiger partial charge >= 0.3 is 0 Å². The molecule has 1 N–H and O–H groups in total. The van der Waals surface area contributed by atoms with Gasteiger partial charge in [0.05, 0.1) is 25.9 Å². The molecule has 2 aromatic heterocycles. The predicted molar refractivity (Wildman–Crippen MR) is 108 cm³/mol. The van der Waals surface area contributed by atoms with E-state index in [4.69, 9.17) is 4.74 Å². The van der Waals surface area contributed by atoms with Crippen molar-refractivity contribution in [3.05, 3.63) is 70.5 Å². The summed E-state index contributed by atoms with van der Waals surface area (Å²) in [6.07, 6.45) is 1.70. The molecule has 0 aliphatic carbocycles. The molecule has 6 nitrogen and oxygen atoms in total. The molecule has 0 fully saturated rings. The highest BCUT2D eigenvalue weighted by Gasteiger charge is 2.13. The van der Waals surface area contributed by atoms with E-state index in [1.807, 2.05) is 35.7 Å². The number of amides is 1. The standard InChI is InChI=1S/C20H24N4O2S/c1-26-12-11-23(14-17-6-3-2-4-7-17)16-20(25)22-19-9-10-21-24(19)15-18-8-5-13-27-18/h2-10,13H,11-12,14-16H2,1H3,(H,22,25). The van der Waals surface area contributed by atoms with Crippen LogP contribution in [0.2, 0.25) is 0 Å². The average Bonchev–Trinajstić information content (AvgIpc) is 3.33. The molecule has 142 valence electrons. The third-order valence-corrected chi connectivity index (χ3v) is 4.96. The number of carbonyl (C=O) groups excluding carboxylic acids is 1. The molecule has 0 bridgehead atoms. The first-order valence-electron chi connectivity index (χ1n) is 8.84. The fraction of sp³-hybridized carbons (Fsp3) is 0.300. The maximum atomic E-state index is 12.6. The summed E-state index contributed by atoms with van der Waals surface area (Å²) in [6.45, 7) is 2.91. The monoisotopic (exact) mass is 384 g/mol. The highest BCUT2D eigenvalue weighted by atomic mass is 32.1. The van der Waals surface area contributed by atoms with Crippen molar-refractivity contribution in [2.75, 3.05) is 32.1 Å². The molecule has 27 heavy (non-hydrogen) atoms. The zero-order valence-electron chi connectivity index (χ0n) is 15.4. The van der Waals surface area contributed by atoms with Gasteiger partial charge in [0.2, 0.25) is 5.91 Å². The van der Waals surface area contributed by atoms with Gasteiger partial charge in [0, 0.05) is 31.1 Å². The van der Waals surface area contributed by atoms with Crippen LogP contribution in [0.5, 0.6) is 0 Å². The lowest BCUT2D eigenvalue weighted by molar-refractivity contribution is -0.117. The molecule has 0 unspecified atom stereocenters. The van der Waals surface area contributed by atoms with Gasteiger partial charge in [0.25, 0.3) is 0 Å². The molecule has 3 aromatic rings. The van der Waals surface area contributed by atoms with Gasteiger partial charge in [-0.2, -0.15) is 5.10 Å². The number of anilines is 1. The fourth-order valence-electron chi connectivity index (χ4n) is 2.78. The van der Waals surface area contributed by atoms with E-state index in [0.29, 0.717) is 38.6 Å². The fourth-order valence-corrected chi connectivity index (χ4v) is 3.46. The van der Waals surface area contributed by atoms with Gasteiger partial charge < -0.3 is 10.1 Å². The number of thiophene rings is 1. The highest BCUT2D eigenvalue weighted by Crippen LogP contribution is 2.14. The normalized spacial score (nSPS) is 11.0. The third kappa shape index (κ3) is 6.02. The molecule has 2 heterocycles. The van der Waals surface area contributed by atoms with E-state index in [2.05, 4.69) is 33.5 Å².